The van der Waals surface area contributed by atoms with Crippen molar-refractivity contribution in [1.82, 2.24) is 9.55 Å². The minimum absolute atomic E-state index is 0.0656. The Morgan fingerprint density at radius 1 is 1.06 bits per heavy atom. The molecule has 1 aliphatic heterocycles. The summed E-state index contributed by atoms with van der Waals surface area (Å²) in [6.07, 6.45) is 3.48. The van der Waals surface area contributed by atoms with Gasteiger partial charge in [0.25, 0.3) is 11.2 Å². The molecular formula is C23H13ClIN3O5. The van der Waals surface area contributed by atoms with E-state index in [9.17, 15) is 14.9 Å². The summed E-state index contributed by atoms with van der Waals surface area (Å²) in [5, 5.41) is 11.6. The molecule has 0 unspecified atom stereocenters. The summed E-state index contributed by atoms with van der Waals surface area (Å²) in [5.41, 5.74) is 1.14. The Labute approximate surface area is 205 Å². The molecule has 8 nitrogen and oxygen atoms in total. The van der Waals surface area contributed by atoms with Crippen LogP contribution in [-0.4, -0.2) is 21.3 Å². The number of halogens is 2. The summed E-state index contributed by atoms with van der Waals surface area (Å²) < 4.78 is 13.0. The predicted molar refractivity (Wildman–Crippen MR) is 133 cm³/mol. The van der Waals surface area contributed by atoms with Gasteiger partial charge in [0.05, 0.1) is 26.5 Å². The molecule has 1 aliphatic rings. The summed E-state index contributed by atoms with van der Waals surface area (Å²) in [7, 11) is 0. The number of ether oxygens (including phenoxy) is 2. The minimum Gasteiger partial charge on any atom is -0.454 e. The summed E-state index contributed by atoms with van der Waals surface area (Å²) in [6, 6.07) is 14.8. The highest BCUT2D eigenvalue weighted by atomic mass is 127. The highest BCUT2D eigenvalue weighted by Gasteiger charge is 2.17. The Hall–Kier alpha value is -3.44. The van der Waals surface area contributed by atoms with E-state index in [0.717, 1.165) is 9.13 Å². The van der Waals surface area contributed by atoms with Crippen LogP contribution in [0.1, 0.15) is 11.4 Å². The third-order valence-corrected chi connectivity index (χ3v) is 6.03. The minimum atomic E-state index is -0.542. The zero-order chi connectivity index (χ0) is 23.1. The summed E-state index contributed by atoms with van der Waals surface area (Å²) in [4.78, 5) is 28.7. The molecule has 0 spiro atoms. The van der Waals surface area contributed by atoms with Crippen LogP contribution in [-0.2, 0) is 0 Å². The van der Waals surface area contributed by atoms with Gasteiger partial charge in [0.2, 0.25) is 6.79 Å². The molecule has 0 atom stereocenters. The number of aromatic nitrogens is 2. The van der Waals surface area contributed by atoms with Crippen LogP contribution in [0.15, 0.2) is 59.4 Å². The first kappa shape index (κ1) is 21.4. The molecule has 164 valence electrons. The number of hydrogen-bond acceptors (Lipinski definition) is 6. The molecule has 4 aromatic rings. The molecule has 0 amide bonds. The van der Waals surface area contributed by atoms with Gasteiger partial charge in [0.15, 0.2) is 11.5 Å². The van der Waals surface area contributed by atoms with Crippen molar-refractivity contribution in [3.63, 3.8) is 0 Å². The average Bonchev–Trinajstić information content (AvgIpc) is 3.26. The number of nitro groups is 1. The molecule has 10 heteroatoms. The molecule has 0 aliphatic carbocycles. The standard InChI is InChI=1S/C23H13ClIN3O5/c24-17-11-15(28(30)31)4-6-19(17)27-22(26-18-5-3-14(25)10-16(18)23(27)29)8-2-13-1-7-20-21(9-13)33-12-32-20/h1-11H,12H2. The van der Waals surface area contributed by atoms with E-state index in [-0.39, 0.29) is 23.1 Å². The van der Waals surface area contributed by atoms with Gasteiger partial charge in [-0.3, -0.25) is 19.5 Å². The largest absolute Gasteiger partial charge is 0.454 e. The number of nitrogens with zero attached hydrogens (tertiary/aromatic N) is 3. The van der Waals surface area contributed by atoms with E-state index in [1.165, 1.54) is 22.8 Å². The van der Waals surface area contributed by atoms with E-state index in [2.05, 4.69) is 27.6 Å². The Balaban J connectivity index is 1.70. The normalized spacial score (nSPS) is 12.5. The second-order valence-corrected chi connectivity index (χ2v) is 8.76. The van der Waals surface area contributed by atoms with E-state index >= 15 is 0 Å². The van der Waals surface area contributed by atoms with Gasteiger partial charge in [0.1, 0.15) is 5.82 Å². The Morgan fingerprint density at radius 3 is 2.67 bits per heavy atom. The molecular weight excluding hydrogens is 561 g/mol. The fourth-order valence-corrected chi connectivity index (χ4v) is 4.25. The van der Waals surface area contributed by atoms with Gasteiger partial charge < -0.3 is 9.47 Å². The first-order valence-electron chi connectivity index (χ1n) is 9.65. The van der Waals surface area contributed by atoms with Crippen molar-refractivity contribution >= 4 is 62.9 Å². The first-order valence-corrected chi connectivity index (χ1v) is 11.1. The van der Waals surface area contributed by atoms with E-state index in [1.807, 2.05) is 18.2 Å². The van der Waals surface area contributed by atoms with Crippen molar-refractivity contribution in [3.05, 3.63) is 95.0 Å². The van der Waals surface area contributed by atoms with Crippen molar-refractivity contribution in [3.8, 4) is 17.2 Å². The molecule has 0 radical (unpaired) electrons. The van der Waals surface area contributed by atoms with Crippen LogP contribution < -0.4 is 15.0 Å². The van der Waals surface area contributed by atoms with Crippen LogP contribution in [0.25, 0.3) is 28.7 Å². The van der Waals surface area contributed by atoms with Crippen molar-refractivity contribution < 1.29 is 14.4 Å². The maximum Gasteiger partial charge on any atom is 0.271 e. The monoisotopic (exact) mass is 573 g/mol. The maximum atomic E-state index is 13.5. The number of fused-ring (bicyclic) bond motifs is 2. The number of nitro benzene ring substituents is 1. The molecule has 0 bridgehead atoms. The molecule has 5 rings (SSSR count). The van der Waals surface area contributed by atoms with E-state index in [0.29, 0.717) is 33.9 Å². The average molecular weight is 574 g/mol. The molecule has 2 heterocycles. The molecule has 0 N–H and O–H groups in total. The zero-order valence-electron chi connectivity index (χ0n) is 16.7. The number of hydrogen-bond donors (Lipinski definition) is 0. The number of non-ortho nitro benzene ring substituents is 1. The van der Waals surface area contributed by atoms with Crippen LogP contribution in [0.2, 0.25) is 5.02 Å². The van der Waals surface area contributed by atoms with Gasteiger partial charge in [-0.15, -0.1) is 0 Å². The van der Waals surface area contributed by atoms with Crippen molar-refractivity contribution in [2.45, 2.75) is 0 Å². The number of benzene rings is 3. The van der Waals surface area contributed by atoms with Crippen molar-refractivity contribution in [2.24, 2.45) is 0 Å². The molecule has 0 saturated heterocycles. The van der Waals surface area contributed by atoms with Gasteiger partial charge in [-0.25, -0.2) is 4.98 Å². The third kappa shape index (κ3) is 4.05. The molecule has 3 aromatic carbocycles. The quantitative estimate of drug-likeness (QED) is 0.183. The Bertz CT molecular complexity index is 1530. The second kappa shape index (κ2) is 8.49. The van der Waals surface area contributed by atoms with Gasteiger partial charge in [0, 0.05) is 15.7 Å². The van der Waals surface area contributed by atoms with Crippen LogP contribution in [0, 0.1) is 13.7 Å². The lowest BCUT2D eigenvalue weighted by Gasteiger charge is -2.13. The van der Waals surface area contributed by atoms with Gasteiger partial charge in [-0.1, -0.05) is 23.7 Å². The van der Waals surface area contributed by atoms with E-state index in [4.69, 9.17) is 21.1 Å². The van der Waals surface area contributed by atoms with E-state index in [1.54, 1.807) is 30.4 Å². The Kier molecular flexibility index (Phi) is 5.51. The van der Waals surface area contributed by atoms with Crippen LogP contribution in [0.3, 0.4) is 0 Å². The summed E-state index contributed by atoms with van der Waals surface area (Å²) in [5.74, 6) is 1.62. The predicted octanol–water partition coefficient (Wildman–Crippen LogP) is 5.45. The number of rotatable bonds is 4. The molecule has 1 aromatic heterocycles. The maximum absolute atomic E-state index is 13.5. The summed E-state index contributed by atoms with van der Waals surface area (Å²) >= 11 is 8.49. The lowest BCUT2D eigenvalue weighted by atomic mass is 10.1. The molecule has 33 heavy (non-hydrogen) atoms. The lowest BCUT2D eigenvalue weighted by Crippen LogP contribution is -2.22. The second-order valence-electron chi connectivity index (χ2n) is 7.11. The fourth-order valence-electron chi connectivity index (χ4n) is 3.50. The molecule has 0 saturated carbocycles. The van der Waals surface area contributed by atoms with Gasteiger partial charge in [-0.05, 0) is 70.6 Å². The Morgan fingerprint density at radius 2 is 1.88 bits per heavy atom. The van der Waals surface area contributed by atoms with E-state index < -0.39 is 4.92 Å². The van der Waals surface area contributed by atoms with Crippen molar-refractivity contribution in [2.75, 3.05) is 6.79 Å². The SMILES string of the molecule is O=c1c2cc(I)ccc2nc(C=Cc2ccc3c(c2)OCO3)n1-c1ccc([N+](=O)[O-])cc1Cl. The third-order valence-electron chi connectivity index (χ3n) is 5.06. The van der Waals surface area contributed by atoms with Crippen LogP contribution >= 0.6 is 34.2 Å². The topological polar surface area (TPSA) is 96.5 Å². The highest BCUT2D eigenvalue weighted by molar-refractivity contribution is 14.1. The molecule has 0 fully saturated rings. The fraction of sp³-hybridized carbons (Fsp3) is 0.0435. The lowest BCUT2D eigenvalue weighted by molar-refractivity contribution is -0.384. The van der Waals surface area contributed by atoms with Crippen LogP contribution in [0.4, 0.5) is 5.69 Å². The van der Waals surface area contributed by atoms with Gasteiger partial charge in [-0.2, -0.15) is 0 Å². The zero-order valence-corrected chi connectivity index (χ0v) is 19.6. The van der Waals surface area contributed by atoms with Gasteiger partial charge >= 0.3 is 0 Å². The van der Waals surface area contributed by atoms with Crippen LogP contribution in [0.5, 0.6) is 11.5 Å². The smallest absolute Gasteiger partial charge is 0.271 e. The first-order chi connectivity index (χ1) is 15.9. The highest BCUT2D eigenvalue weighted by Crippen LogP contribution is 2.33. The summed E-state index contributed by atoms with van der Waals surface area (Å²) in [6.45, 7) is 0.172. The van der Waals surface area contributed by atoms with Crippen molar-refractivity contribution in [1.29, 1.82) is 0 Å².